The summed E-state index contributed by atoms with van der Waals surface area (Å²) in [4.78, 5) is 54.4. The summed E-state index contributed by atoms with van der Waals surface area (Å²) < 4.78 is 0. The summed E-state index contributed by atoms with van der Waals surface area (Å²) in [5, 5.41) is 4.39. The fraction of sp³-hybridized carbons (Fsp3) is 0.417. The van der Waals surface area contributed by atoms with Crippen LogP contribution in [0.15, 0.2) is 29.6 Å². The molecule has 1 aromatic heterocycles. The van der Waals surface area contributed by atoms with E-state index in [4.69, 9.17) is 0 Å². The fourth-order valence-corrected chi connectivity index (χ4v) is 6.13. The number of carbonyl (C=O) groups is 4. The largest absolute Gasteiger partial charge is 0.299 e. The van der Waals surface area contributed by atoms with Gasteiger partial charge in [0.15, 0.2) is 0 Å². The predicted octanol–water partition coefficient (Wildman–Crippen LogP) is 2.84. The molecule has 7 nitrogen and oxygen atoms in total. The monoisotopic (exact) mass is 451 g/mol. The molecule has 8 heteroatoms. The van der Waals surface area contributed by atoms with E-state index in [1.54, 1.807) is 12.1 Å². The third-order valence-electron chi connectivity index (χ3n) is 6.77. The zero-order chi connectivity index (χ0) is 22.4. The Balaban J connectivity index is 1.27. The highest BCUT2D eigenvalue weighted by Gasteiger charge is 2.44. The normalized spacial score (nSPS) is 22.4. The lowest BCUT2D eigenvalue weighted by Gasteiger charge is -2.32. The third kappa shape index (κ3) is 3.67. The number of thiophene rings is 1. The number of hydrogen-bond donors (Lipinski definition) is 1. The second kappa shape index (κ2) is 8.26. The highest BCUT2D eigenvalue weighted by molar-refractivity contribution is 7.10. The van der Waals surface area contributed by atoms with Gasteiger partial charge >= 0.3 is 0 Å². The van der Waals surface area contributed by atoms with Crippen LogP contribution in [0.25, 0.3) is 0 Å². The molecule has 5 rings (SSSR count). The van der Waals surface area contributed by atoms with Gasteiger partial charge in [-0.25, -0.2) is 0 Å². The summed E-state index contributed by atoms with van der Waals surface area (Å²) >= 11 is 1.85. The summed E-state index contributed by atoms with van der Waals surface area (Å²) in [6.07, 6.45) is 2.53. The number of rotatable bonds is 4. The van der Waals surface area contributed by atoms with Crippen LogP contribution >= 0.6 is 11.3 Å². The molecule has 32 heavy (non-hydrogen) atoms. The van der Waals surface area contributed by atoms with Crippen molar-refractivity contribution in [2.45, 2.75) is 51.1 Å². The van der Waals surface area contributed by atoms with E-state index in [9.17, 15) is 19.2 Å². The van der Waals surface area contributed by atoms with Gasteiger partial charge in [0.25, 0.3) is 11.8 Å². The lowest BCUT2D eigenvalue weighted by atomic mass is 9.93. The highest BCUT2D eigenvalue weighted by Crippen LogP contribution is 2.34. The van der Waals surface area contributed by atoms with E-state index >= 15 is 0 Å². The van der Waals surface area contributed by atoms with Gasteiger partial charge in [-0.3, -0.25) is 34.3 Å². The van der Waals surface area contributed by atoms with Crippen LogP contribution in [-0.4, -0.2) is 52.6 Å². The van der Waals surface area contributed by atoms with Crippen molar-refractivity contribution in [1.82, 2.24) is 15.1 Å². The van der Waals surface area contributed by atoms with Crippen molar-refractivity contribution in [3.8, 4) is 0 Å². The van der Waals surface area contributed by atoms with Gasteiger partial charge in [0.1, 0.15) is 6.04 Å². The molecule has 2 fully saturated rings. The smallest absolute Gasteiger partial charge is 0.262 e. The number of piperidine rings is 2. The zero-order valence-electron chi connectivity index (χ0n) is 17.9. The van der Waals surface area contributed by atoms with E-state index in [0.29, 0.717) is 17.0 Å². The molecule has 166 valence electrons. The molecule has 1 N–H and O–H groups in total. The van der Waals surface area contributed by atoms with Crippen molar-refractivity contribution in [3.63, 3.8) is 0 Å². The summed E-state index contributed by atoms with van der Waals surface area (Å²) in [6, 6.07) is 6.64. The van der Waals surface area contributed by atoms with E-state index in [2.05, 4.69) is 28.6 Å². The van der Waals surface area contributed by atoms with Gasteiger partial charge in [-0.15, -0.1) is 11.3 Å². The Bertz CT molecular complexity index is 1120. The number of nitrogens with one attached hydrogen (secondary N) is 1. The molecule has 2 saturated heterocycles. The Kier molecular flexibility index (Phi) is 5.43. The van der Waals surface area contributed by atoms with Crippen LogP contribution in [0.2, 0.25) is 0 Å². The number of hydrogen-bond acceptors (Lipinski definition) is 6. The van der Waals surface area contributed by atoms with E-state index in [0.717, 1.165) is 42.9 Å². The lowest BCUT2D eigenvalue weighted by molar-refractivity contribution is -0.136. The van der Waals surface area contributed by atoms with Crippen LogP contribution in [-0.2, 0) is 16.1 Å². The molecule has 4 heterocycles. The molecule has 0 radical (unpaired) electrons. The van der Waals surface area contributed by atoms with Crippen molar-refractivity contribution in [2.24, 2.45) is 0 Å². The predicted molar refractivity (Wildman–Crippen MR) is 119 cm³/mol. The molecular formula is C24H25N3O4S. The Morgan fingerprint density at radius 1 is 1.00 bits per heavy atom. The van der Waals surface area contributed by atoms with Gasteiger partial charge < -0.3 is 0 Å². The van der Waals surface area contributed by atoms with Crippen LogP contribution < -0.4 is 5.32 Å². The standard InChI is InChI=1S/C24H25N3O4S/c1-14-8-11-32-21(14)16-6-9-26(10-7-16)13-15-2-3-17-18(12-15)24(31)27(23(17)30)19-4-5-20(28)25-22(19)29/h2-3,8,11-12,16,19H,4-7,9-10,13H2,1H3,(H,25,28,29). The van der Waals surface area contributed by atoms with Crippen LogP contribution in [0.5, 0.6) is 0 Å². The number of amides is 4. The number of imide groups is 2. The molecule has 4 amide bonds. The molecule has 0 saturated carbocycles. The van der Waals surface area contributed by atoms with Crippen molar-refractivity contribution in [1.29, 1.82) is 0 Å². The molecule has 1 atom stereocenters. The second-order valence-electron chi connectivity index (χ2n) is 8.85. The minimum Gasteiger partial charge on any atom is -0.299 e. The first-order chi connectivity index (χ1) is 15.4. The quantitative estimate of drug-likeness (QED) is 0.723. The van der Waals surface area contributed by atoms with Crippen molar-refractivity contribution in [3.05, 3.63) is 56.8 Å². The zero-order valence-corrected chi connectivity index (χ0v) is 18.7. The van der Waals surface area contributed by atoms with E-state index in [1.807, 2.05) is 17.4 Å². The topological polar surface area (TPSA) is 86.8 Å². The van der Waals surface area contributed by atoms with Crippen LogP contribution in [0.3, 0.4) is 0 Å². The van der Waals surface area contributed by atoms with Crippen molar-refractivity contribution in [2.75, 3.05) is 13.1 Å². The molecule has 2 aromatic rings. The average Bonchev–Trinajstić information content (AvgIpc) is 3.30. The summed E-state index contributed by atoms with van der Waals surface area (Å²) in [5.74, 6) is -1.25. The number of carbonyl (C=O) groups excluding carboxylic acids is 4. The van der Waals surface area contributed by atoms with Crippen molar-refractivity contribution < 1.29 is 19.2 Å². The van der Waals surface area contributed by atoms with Gasteiger partial charge in [0.05, 0.1) is 11.1 Å². The first-order valence-electron chi connectivity index (χ1n) is 11.0. The minimum atomic E-state index is -0.928. The molecule has 0 aliphatic carbocycles. The van der Waals surface area contributed by atoms with Gasteiger partial charge in [-0.1, -0.05) is 6.07 Å². The maximum atomic E-state index is 13.0. The van der Waals surface area contributed by atoms with E-state index < -0.39 is 23.8 Å². The Labute approximate surface area is 190 Å². The number of nitrogens with zero attached hydrogens (tertiary/aromatic N) is 2. The number of aryl methyl sites for hydroxylation is 1. The highest BCUT2D eigenvalue weighted by atomic mass is 32.1. The lowest BCUT2D eigenvalue weighted by Crippen LogP contribution is -2.54. The number of benzene rings is 1. The van der Waals surface area contributed by atoms with E-state index in [-0.39, 0.29) is 18.7 Å². The Morgan fingerprint density at radius 2 is 1.75 bits per heavy atom. The summed E-state index contributed by atoms with van der Waals surface area (Å²) in [5.41, 5.74) is 3.05. The fourth-order valence-electron chi connectivity index (χ4n) is 5.03. The maximum Gasteiger partial charge on any atom is 0.262 e. The molecule has 3 aliphatic heterocycles. The summed E-state index contributed by atoms with van der Waals surface area (Å²) in [6.45, 7) is 4.89. The van der Waals surface area contributed by atoms with Crippen LogP contribution in [0, 0.1) is 6.92 Å². The van der Waals surface area contributed by atoms with Crippen molar-refractivity contribution >= 4 is 35.0 Å². The molecule has 0 spiro atoms. The first-order valence-corrected chi connectivity index (χ1v) is 11.9. The molecule has 0 bridgehead atoms. The molecule has 1 unspecified atom stereocenters. The number of likely N-dealkylation sites (tertiary alicyclic amines) is 1. The Hall–Kier alpha value is -2.84. The maximum absolute atomic E-state index is 13.0. The van der Waals surface area contributed by atoms with Gasteiger partial charge in [0.2, 0.25) is 11.8 Å². The van der Waals surface area contributed by atoms with Gasteiger partial charge in [0, 0.05) is 17.8 Å². The average molecular weight is 452 g/mol. The summed E-state index contributed by atoms with van der Waals surface area (Å²) in [7, 11) is 0. The van der Waals surface area contributed by atoms with Gasteiger partial charge in [-0.2, -0.15) is 0 Å². The SMILES string of the molecule is Cc1ccsc1C1CCN(Cc2ccc3c(c2)C(=O)N(C2CCC(=O)NC2=O)C3=O)CC1. The minimum absolute atomic E-state index is 0.121. The molecule has 1 aromatic carbocycles. The molecular weight excluding hydrogens is 426 g/mol. The van der Waals surface area contributed by atoms with Crippen LogP contribution in [0.4, 0.5) is 0 Å². The first kappa shape index (κ1) is 21.0. The van der Waals surface area contributed by atoms with Crippen LogP contribution in [0.1, 0.15) is 68.3 Å². The third-order valence-corrected chi connectivity index (χ3v) is 7.95. The molecule has 3 aliphatic rings. The van der Waals surface area contributed by atoms with E-state index in [1.165, 1.54) is 10.4 Å². The Morgan fingerprint density at radius 3 is 2.44 bits per heavy atom. The van der Waals surface area contributed by atoms with Gasteiger partial charge in [-0.05, 0) is 79.9 Å². The second-order valence-corrected chi connectivity index (χ2v) is 9.79. The number of fused-ring (bicyclic) bond motifs is 1.